The van der Waals surface area contributed by atoms with Crippen molar-refractivity contribution >= 4 is 5.91 Å². The van der Waals surface area contributed by atoms with Crippen molar-refractivity contribution in [1.82, 2.24) is 9.58 Å². The SMILES string of the molecule is O=C1c2c(O)c(=O)ccn2N(C23c4ccccc4CC2Cc2ccccc23)CN1CC1CC1. The molecule has 0 radical (unpaired) electrons. The predicted octanol–water partition coefficient (Wildman–Crippen LogP) is 2.99. The van der Waals surface area contributed by atoms with Crippen molar-refractivity contribution in [3.8, 4) is 5.75 Å². The van der Waals surface area contributed by atoms with Crippen molar-refractivity contribution in [2.45, 2.75) is 31.2 Å². The number of amides is 1. The maximum absolute atomic E-state index is 13.5. The van der Waals surface area contributed by atoms with Gasteiger partial charge >= 0.3 is 0 Å². The average molecular weight is 440 g/mol. The van der Waals surface area contributed by atoms with Crippen molar-refractivity contribution in [3.05, 3.63) is 99.0 Å². The third-order valence-electron chi connectivity index (χ3n) is 8.07. The standard InChI is InChI=1S/C27H25N3O3/c31-23-11-12-29-24(25(23)32)26(33)28(15-17-9-10-17)16-30(29)27-20(13-18-5-1-3-7-21(18)27)14-19-6-2-4-8-22(19)27/h1-8,11-12,17,20,32H,9-10,13-16H2. The van der Waals surface area contributed by atoms with Gasteiger partial charge in [-0.1, -0.05) is 48.5 Å². The van der Waals surface area contributed by atoms with Gasteiger partial charge in [-0.05, 0) is 53.9 Å². The van der Waals surface area contributed by atoms with Gasteiger partial charge in [-0.15, -0.1) is 0 Å². The monoisotopic (exact) mass is 439 g/mol. The number of fused-ring (bicyclic) bond motifs is 6. The number of rotatable bonds is 3. The molecule has 7 rings (SSSR count). The molecule has 166 valence electrons. The van der Waals surface area contributed by atoms with Crippen LogP contribution in [0.1, 0.15) is 45.6 Å². The van der Waals surface area contributed by atoms with Gasteiger partial charge in [-0.3, -0.25) is 19.3 Å². The van der Waals surface area contributed by atoms with E-state index >= 15 is 0 Å². The molecule has 0 bridgehead atoms. The molecule has 1 N–H and O–H groups in total. The van der Waals surface area contributed by atoms with E-state index in [1.807, 2.05) is 4.90 Å². The zero-order valence-electron chi connectivity index (χ0n) is 18.3. The molecule has 0 atom stereocenters. The van der Waals surface area contributed by atoms with Crippen LogP contribution in [-0.2, 0) is 18.4 Å². The van der Waals surface area contributed by atoms with Gasteiger partial charge in [0.2, 0.25) is 5.43 Å². The lowest BCUT2D eigenvalue weighted by molar-refractivity contribution is 0.0637. The second-order valence-electron chi connectivity index (χ2n) is 9.92. The summed E-state index contributed by atoms with van der Waals surface area (Å²) in [5, 5.41) is 13.0. The second kappa shape index (κ2) is 6.50. The lowest BCUT2D eigenvalue weighted by atomic mass is 9.81. The van der Waals surface area contributed by atoms with Gasteiger partial charge < -0.3 is 10.0 Å². The van der Waals surface area contributed by atoms with E-state index in [0.717, 1.165) is 25.7 Å². The minimum Gasteiger partial charge on any atom is -0.502 e. The smallest absolute Gasteiger partial charge is 0.277 e. The molecule has 6 nitrogen and oxygen atoms in total. The van der Waals surface area contributed by atoms with E-state index in [1.165, 1.54) is 28.3 Å². The Kier molecular flexibility index (Phi) is 3.74. The molecule has 1 fully saturated rings. The third-order valence-corrected chi connectivity index (χ3v) is 8.07. The minimum absolute atomic E-state index is 0.0799. The molecule has 33 heavy (non-hydrogen) atoms. The molecule has 2 aromatic carbocycles. The summed E-state index contributed by atoms with van der Waals surface area (Å²) in [6.07, 6.45) is 5.82. The van der Waals surface area contributed by atoms with E-state index in [1.54, 1.807) is 10.9 Å². The zero-order valence-corrected chi connectivity index (χ0v) is 18.3. The fraction of sp³-hybridized carbons (Fsp3) is 0.333. The van der Waals surface area contributed by atoms with Gasteiger partial charge in [0.1, 0.15) is 12.2 Å². The van der Waals surface area contributed by atoms with E-state index in [4.69, 9.17) is 0 Å². The molecular weight excluding hydrogens is 414 g/mol. The molecular formula is C27H25N3O3. The van der Waals surface area contributed by atoms with Gasteiger partial charge in [0.15, 0.2) is 11.4 Å². The first kappa shape index (κ1) is 19.0. The molecule has 6 heteroatoms. The lowest BCUT2D eigenvalue weighted by Gasteiger charge is -2.50. The molecule has 1 aromatic heterocycles. The molecule has 3 aliphatic carbocycles. The number of aromatic hydroxyl groups is 1. The van der Waals surface area contributed by atoms with Crippen LogP contribution in [0.15, 0.2) is 65.6 Å². The number of pyridine rings is 1. The lowest BCUT2D eigenvalue weighted by Crippen LogP contribution is -2.63. The third kappa shape index (κ3) is 2.44. The fourth-order valence-electron chi connectivity index (χ4n) is 6.51. The molecule has 3 aromatic rings. The summed E-state index contributed by atoms with van der Waals surface area (Å²) in [7, 11) is 0. The maximum Gasteiger partial charge on any atom is 0.277 e. The summed E-state index contributed by atoms with van der Waals surface area (Å²) in [5.41, 5.74) is 4.26. The van der Waals surface area contributed by atoms with Crippen LogP contribution in [-0.4, -0.2) is 33.8 Å². The van der Waals surface area contributed by atoms with Gasteiger partial charge in [0.25, 0.3) is 5.91 Å². The van der Waals surface area contributed by atoms with Crippen molar-refractivity contribution in [2.24, 2.45) is 11.8 Å². The summed E-state index contributed by atoms with van der Waals surface area (Å²) in [4.78, 5) is 27.7. The summed E-state index contributed by atoms with van der Waals surface area (Å²) in [5.74, 6) is 0.0787. The number of aromatic nitrogens is 1. The van der Waals surface area contributed by atoms with E-state index in [2.05, 4.69) is 53.5 Å². The first-order valence-corrected chi connectivity index (χ1v) is 11.8. The van der Waals surface area contributed by atoms with E-state index in [0.29, 0.717) is 25.0 Å². The van der Waals surface area contributed by atoms with Crippen molar-refractivity contribution < 1.29 is 9.90 Å². The Morgan fingerprint density at radius 3 is 2.18 bits per heavy atom. The van der Waals surface area contributed by atoms with Crippen LogP contribution in [0.4, 0.5) is 0 Å². The highest BCUT2D eigenvalue weighted by molar-refractivity contribution is 5.96. The first-order chi connectivity index (χ1) is 16.1. The molecule has 1 aliphatic heterocycles. The minimum atomic E-state index is -0.518. The molecule has 0 unspecified atom stereocenters. The molecule has 1 amide bonds. The van der Waals surface area contributed by atoms with Gasteiger partial charge in [0, 0.05) is 24.7 Å². The van der Waals surface area contributed by atoms with Gasteiger partial charge in [-0.25, -0.2) is 0 Å². The van der Waals surface area contributed by atoms with E-state index in [-0.39, 0.29) is 11.6 Å². The Hall–Kier alpha value is -3.54. The number of carbonyl (C=O) groups excluding carboxylic acids is 1. The molecule has 0 spiro atoms. The number of nitrogens with zero attached hydrogens (tertiary/aromatic N) is 3. The summed E-state index contributed by atoms with van der Waals surface area (Å²) >= 11 is 0. The van der Waals surface area contributed by atoms with Crippen LogP contribution in [0, 0.1) is 11.8 Å². The Balaban J connectivity index is 1.52. The summed E-state index contributed by atoms with van der Waals surface area (Å²) in [6.45, 7) is 1.08. The largest absolute Gasteiger partial charge is 0.502 e. The van der Waals surface area contributed by atoms with Crippen LogP contribution >= 0.6 is 0 Å². The zero-order chi connectivity index (χ0) is 22.3. The molecule has 0 saturated heterocycles. The maximum atomic E-state index is 13.5. The molecule has 4 aliphatic rings. The molecule has 1 saturated carbocycles. The van der Waals surface area contributed by atoms with Crippen LogP contribution in [0.2, 0.25) is 0 Å². The first-order valence-electron chi connectivity index (χ1n) is 11.8. The average Bonchev–Trinajstić information content (AvgIpc) is 3.50. The Morgan fingerprint density at radius 1 is 0.909 bits per heavy atom. The fourth-order valence-corrected chi connectivity index (χ4v) is 6.51. The number of hydrogen-bond donors (Lipinski definition) is 1. The number of benzene rings is 2. The highest BCUT2D eigenvalue weighted by Crippen LogP contribution is 2.56. The second-order valence-corrected chi connectivity index (χ2v) is 9.92. The van der Waals surface area contributed by atoms with Gasteiger partial charge in [-0.2, -0.15) is 0 Å². The Bertz CT molecular complexity index is 1320. The highest BCUT2D eigenvalue weighted by Gasteiger charge is 2.58. The van der Waals surface area contributed by atoms with Crippen LogP contribution in [0.25, 0.3) is 0 Å². The van der Waals surface area contributed by atoms with Crippen LogP contribution < -0.4 is 10.4 Å². The Morgan fingerprint density at radius 2 is 1.55 bits per heavy atom. The number of carbonyl (C=O) groups is 1. The topological polar surface area (TPSA) is 65.8 Å². The molecule has 2 heterocycles. The quantitative estimate of drug-likeness (QED) is 0.682. The normalized spacial score (nSPS) is 25.0. The Labute approximate surface area is 191 Å². The number of hydrogen-bond acceptors (Lipinski definition) is 4. The highest BCUT2D eigenvalue weighted by atomic mass is 16.3. The summed E-state index contributed by atoms with van der Waals surface area (Å²) < 4.78 is 1.76. The van der Waals surface area contributed by atoms with E-state index in [9.17, 15) is 14.7 Å². The predicted molar refractivity (Wildman–Crippen MR) is 124 cm³/mol. The summed E-state index contributed by atoms with van der Waals surface area (Å²) in [6, 6.07) is 18.6. The van der Waals surface area contributed by atoms with E-state index < -0.39 is 16.7 Å². The van der Waals surface area contributed by atoms with Crippen molar-refractivity contribution in [3.63, 3.8) is 0 Å². The van der Waals surface area contributed by atoms with Gasteiger partial charge in [0.05, 0.1) is 0 Å². The van der Waals surface area contributed by atoms with Crippen molar-refractivity contribution in [1.29, 1.82) is 0 Å². The van der Waals surface area contributed by atoms with Crippen molar-refractivity contribution in [2.75, 3.05) is 18.2 Å². The van der Waals surface area contributed by atoms with Crippen LogP contribution in [0.5, 0.6) is 5.75 Å². The van der Waals surface area contributed by atoms with Crippen LogP contribution in [0.3, 0.4) is 0 Å².